The summed E-state index contributed by atoms with van der Waals surface area (Å²) in [6.45, 7) is 9.30. The maximum Gasteiger partial charge on any atom is 0.230 e. The largest absolute Gasteiger partial charge is 0.497 e. The van der Waals surface area contributed by atoms with Crippen LogP contribution in [-0.2, 0) is 19.7 Å². The van der Waals surface area contributed by atoms with Crippen LogP contribution in [0.5, 0.6) is 5.75 Å². The van der Waals surface area contributed by atoms with Crippen LogP contribution in [0.3, 0.4) is 0 Å². The summed E-state index contributed by atoms with van der Waals surface area (Å²) in [6.07, 6.45) is 2.07. The average Bonchev–Trinajstić information content (AvgIpc) is 3.40. The summed E-state index contributed by atoms with van der Waals surface area (Å²) in [5.74, 6) is 0.894. The van der Waals surface area contributed by atoms with Crippen molar-refractivity contribution in [2.45, 2.75) is 64.2 Å². The van der Waals surface area contributed by atoms with Crippen LogP contribution in [-0.4, -0.2) is 62.1 Å². The van der Waals surface area contributed by atoms with E-state index in [-0.39, 0.29) is 30.4 Å². The number of benzene rings is 2. The van der Waals surface area contributed by atoms with E-state index in [1.165, 1.54) is 0 Å². The number of aliphatic hydroxyl groups excluding tert-OH is 1. The zero-order valence-electron chi connectivity index (χ0n) is 24.8. The Labute approximate surface area is 238 Å². The van der Waals surface area contributed by atoms with E-state index in [4.69, 9.17) is 19.9 Å². The molecule has 0 spiro atoms. The summed E-state index contributed by atoms with van der Waals surface area (Å²) < 4.78 is 16.9. The van der Waals surface area contributed by atoms with Gasteiger partial charge in [0, 0.05) is 50.0 Å². The molecule has 3 rings (SSSR count). The molecule has 0 radical (unpaired) electrons. The lowest BCUT2D eigenvalue weighted by molar-refractivity contribution is -0.126. The Kier molecular flexibility index (Phi) is 11.6. The highest BCUT2D eigenvalue weighted by atomic mass is 16.5. The van der Waals surface area contributed by atoms with E-state index in [1.54, 1.807) is 14.2 Å². The fourth-order valence-electron chi connectivity index (χ4n) is 5.17. The molecule has 3 aromatic rings. The van der Waals surface area contributed by atoms with Crippen LogP contribution in [0, 0.1) is 11.8 Å². The van der Waals surface area contributed by atoms with Crippen molar-refractivity contribution in [3.8, 4) is 5.75 Å². The topological polar surface area (TPSA) is 119 Å². The highest BCUT2D eigenvalue weighted by Gasteiger charge is 2.34. The van der Waals surface area contributed by atoms with Gasteiger partial charge in [-0.2, -0.15) is 0 Å². The van der Waals surface area contributed by atoms with Crippen molar-refractivity contribution in [1.29, 1.82) is 0 Å². The van der Waals surface area contributed by atoms with Gasteiger partial charge in [-0.1, -0.05) is 44.2 Å². The first-order valence-electron chi connectivity index (χ1n) is 14.1. The molecule has 220 valence electrons. The quantitative estimate of drug-likeness (QED) is 0.191. The van der Waals surface area contributed by atoms with Crippen LogP contribution in [0.4, 0.5) is 0 Å². The number of rotatable bonds is 16. The number of fused-ring (bicyclic) bond motifs is 1. The molecule has 2 aromatic carbocycles. The van der Waals surface area contributed by atoms with Gasteiger partial charge in [0.05, 0.1) is 24.7 Å². The number of H-pyrrole nitrogens is 1. The molecular weight excluding hydrogens is 506 g/mol. The number of aliphatic hydroxyl groups is 1. The Hall–Kier alpha value is -2.91. The number of aromatic nitrogens is 1. The Morgan fingerprint density at radius 1 is 1.07 bits per heavy atom. The molecule has 5 N–H and O–H groups in total. The third-order valence-electron chi connectivity index (χ3n) is 7.82. The number of carbonyl (C=O) groups excluding carboxylic acids is 1. The standard InChI is InChI=1S/C32H47N3O5/c1-21(2)25(30(40-17-9-16-38-5)22-12-14-23(39-6)15-13-22)18-27(33)29(36)20-35-31(37)32(3,4)26-19-34-28-11-8-7-10-24(26)28/h7-8,10-15,19,21,25,27,29-30,34,36H,9,16-18,20,33H2,1-6H3,(H,35,37)/t25-,27-,29-,30?/m0/s1. The number of carbonyl (C=O) groups is 1. The molecule has 0 aliphatic rings. The number of nitrogens with one attached hydrogen (secondary N) is 2. The van der Waals surface area contributed by atoms with Gasteiger partial charge in [-0.05, 0) is 67.9 Å². The van der Waals surface area contributed by atoms with Crippen molar-refractivity contribution in [3.05, 3.63) is 65.9 Å². The van der Waals surface area contributed by atoms with E-state index in [1.807, 2.05) is 68.6 Å². The van der Waals surface area contributed by atoms with Gasteiger partial charge >= 0.3 is 0 Å². The second kappa shape index (κ2) is 14.6. The Balaban J connectivity index is 1.67. The van der Waals surface area contributed by atoms with Crippen LogP contribution < -0.4 is 15.8 Å². The van der Waals surface area contributed by atoms with Crippen LogP contribution in [0.25, 0.3) is 10.9 Å². The summed E-state index contributed by atoms with van der Waals surface area (Å²) in [7, 11) is 3.32. The number of para-hydroxylation sites is 1. The van der Waals surface area contributed by atoms with E-state index in [0.717, 1.165) is 34.2 Å². The molecule has 8 heteroatoms. The van der Waals surface area contributed by atoms with Crippen molar-refractivity contribution < 1.29 is 24.1 Å². The summed E-state index contributed by atoms with van der Waals surface area (Å²) >= 11 is 0. The van der Waals surface area contributed by atoms with Crippen molar-refractivity contribution >= 4 is 16.8 Å². The Morgan fingerprint density at radius 2 is 1.77 bits per heavy atom. The van der Waals surface area contributed by atoms with Gasteiger partial charge in [0.1, 0.15) is 5.75 Å². The number of hydrogen-bond donors (Lipinski definition) is 4. The van der Waals surface area contributed by atoms with Crippen molar-refractivity contribution in [2.24, 2.45) is 17.6 Å². The van der Waals surface area contributed by atoms with Gasteiger partial charge in [-0.25, -0.2) is 0 Å². The minimum atomic E-state index is -0.908. The van der Waals surface area contributed by atoms with Crippen LogP contribution in [0.15, 0.2) is 54.7 Å². The van der Waals surface area contributed by atoms with Crippen molar-refractivity contribution in [2.75, 3.05) is 34.0 Å². The van der Waals surface area contributed by atoms with Crippen molar-refractivity contribution in [3.63, 3.8) is 0 Å². The average molecular weight is 554 g/mol. The molecule has 0 bridgehead atoms. The normalized spacial score (nSPS) is 15.1. The van der Waals surface area contributed by atoms with Gasteiger partial charge in [0.2, 0.25) is 5.91 Å². The monoisotopic (exact) mass is 553 g/mol. The number of nitrogens with two attached hydrogens (primary N) is 1. The van der Waals surface area contributed by atoms with Gasteiger partial charge in [-0.15, -0.1) is 0 Å². The molecule has 40 heavy (non-hydrogen) atoms. The second-order valence-corrected chi connectivity index (χ2v) is 11.4. The molecule has 0 saturated heterocycles. The SMILES string of the molecule is COCCCOC(c1ccc(OC)cc1)[C@@H](C[C@H](N)[C@@H](O)CNC(=O)C(C)(C)c1c[nH]c2ccccc12)C(C)C. The summed E-state index contributed by atoms with van der Waals surface area (Å²) in [5, 5.41) is 15.0. The number of ether oxygens (including phenoxy) is 3. The predicted molar refractivity (Wildman–Crippen MR) is 159 cm³/mol. The first-order valence-corrected chi connectivity index (χ1v) is 14.1. The van der Waals surface area contributed by atoms with Crippen LogP contribution in [0.2, 0.25) is 0 Å². The van der Waals surface area contributed by atoms with E-state index in [2.05, 4.69) is 24.1 Å². The van der Waals surface area contributed by atoms with Gasteiger partial charge in [0.25, 0.3) is 0 Å². The fraction of sp³-hybridized carbons (Fsp3) is 0.531. The second-order valence-electron chi connectivity index (χ2n) is 11.4. The summed E-state index contributed by atoms with van der Waals surface area (Å²) in [6, 6.07) is 15.3. The van der Waals surface area contributed by atoms with E-state index in [9.17, 15) is 9.90 Å². The lowest BCUT2D eigenvalue weighted by Crippen LogP contribution is -2.48. The maximum absolute atomic E-state index is 13.3. The predicted octanol–water partition coefficient (Wildman–Crippen LogP) is 4.72. The molecular formula is C32H47N3O5. The zero-order valence-corrected chi connectivity index (χ0v) is 24.8. The minimum Gasteiger partial charge on any atom is -0.497 e. The van der Waals surface area contributed by atoms with Crippen LogP contribution in [0.1, 0.15) is 57.8 Å². The molecule has 0 aliphatic heterocycles. The lowest BCUT2D eigenvalue weighted by Gasteiger charge is -2.34. The van der Waals surface area contributed by atoms with Gasteiger partial charge < -0.3 is 35.4 Å². The molecule has 8 nitrogen and oxygen atoms in total. The third-order valence-corrected chi connectivity index (χ3v) is 7.82. The van der Waals surface area contributed by atoms with Crippen LogP contribution >= 0.6 is 0 Å². The molecule has 0 fully saturated rings. The summed E-state index contributed by atoms with van der Waals surface area (Å²) in [4.78, 5) is 16.5. The highest BCUT2D eigenvalue weighted by Crippen LogP contribution is 2.36. The smallest absolute Gasteiger partial charge is 0.230 e. The van der Waals surface area contributed by atoms with Crippen molar-refractivity contribution in [1.82, 2.24) is 10.3 Å². The molecule has 1 amide bonds. The minimum absolute atomic E-state index is 0.0407. The first-order chi connectivity index (χ1) is 19.1. The zero-order chi connectivity index (χ0) is 29.3. The molecule has 1 heterocycles. The fourth-order valence-corrected chi connectivity index (χ4v) is 5.17. The molecule has 4 atom stereocenters. The first kappa shape index (κ1) is 31.6. The number of methoxy groups -OCH3 is 2. The maximum atomic E-state index is 13.3. The third kappa shape index (κ3) is 7.85. The molecule has 0 saturated carbocycles. The lowest BCUT2D eigenvalue weighted by atomic mass is 9.80. The molecule has 1 aromatic heterocycles. The summed E-state index contributed by atoms with van der Waals surface area (Å²) in [5.41, 5.74) is 8.69. The Morgan fingerprint density at radius 3 is 2.42 bits per heavy atom. The van der Waals surface area contributed by atoms with Gasteiger partial charge in [-0.3, -0.25) is 4.79 Å². The number of hydrogen-bond acceptors (Lipinski definition) is 6. The Bertz CT molecular complexity index is 1190. The molecule has 0 aliphatic carbocycles. The highest BCUT2D eigenvalue weighted by molar-refractivity contribution is 5.94. The van der Waals surface area contributed by atoms with E-state index >= 15 is 0 Å². The number of amides is 1. The molecule has 1 unspecified atom stereocenters. The van der Waals surface area contributed by atoms with E-state index in [0.29, 0.717) is 19.6 Å². The van der Waals surface area contributed by atoms with Gasteiger partial charge in [0.15, 0.2) is 0 Å². The van der Waals surface area contributed by atoms with E-state index < -0.39 is 17.6 Å². The number of aromatic amines is 1.